The average Bonchev–Trinajstić information content (AvgIpc) is 2.66. The molecule has 0 N–H and O–H groups in total. The van der Waals surface area contributed by atoms with Crippen LogP contribution in [0.5, 0.6) is 5.75 Å². The van der Waals surface area contributed by atoms with Crippen LogP contribution in [0, 0.1) is 42.2 Å². The summed E-state index contributed by atoms with van der Waals surface area (Å²) in [4.78, 5) is 12.4. The molecule has 2 aliphatic carbocycles. The lowest BCUT2D eigenvalue weighted by atomic mass is 9.69. The van der Waals surface area contributed by atoms with E-state index in [2.05, 4.69) is 6.92 Å². The van der Waals surface area contributed by atoms with Gasteiger partial charge in [-0.2, -0.15) is 0 Å². The maximum atomic E-state index is 13.6. The van der Waals surface area contributed by atoms with Crippen LogP contribution in [0.25, 0.3) is 0 Å². The van der Waals surface area contributed by atoms with Crippen molar-refractivity contribution in [2.24, 2.45) is 23.7 Å². The highest BCUT2D eigenvalue weighted by Crippen LogP contribution is 2.42. The molecule has 2 aliphatic rings. The van der Waals surface area contributed by atoms with Crippen LogP contribution in [0.3, 0.4) is 0 Å². The summed E-state index contributed by atoms with van der Waals surface area (Å²) in [5, 5.41) is 0. The molecule has 0 spiro atoms. The summed E-state index contributed by atoms with van der Waals surface area (Å²) < 4.78 is 32.5. The van der Waals surface area contributed by atoms with E-state index in [0.717, 1.165) is 55.6 Å². The van der Waals surface area contributed by atoms with E-state index in [1.807, 2.05) is 0 Å². The second-order valence-electron chi connectivity index (χ2n) is 8.23. The quantitative estimate of drug-likeness (QED) is 0.469. The Morgan fingerprint density at radius 2 is 1.46 bits per heavy atom. The van der Waals surface area contributed by atoms with E-state index >= 15 is 0 Å². The Bertz CT molecular complexity index is 604. The number of ether oxygens (including phenoxy) is 1. The van der Waals surface area contributed by atoms with E-state index in [1.165, 1.54) is 39.0 Å². The summed E-state index contributed by atoms with van der Waals surface area (Å²) in [5.41, 5.74) is -0.0527. The standard InChI is InChI=1S/C22H30F2O2/c1-3-15-4-6-16(7-5-15)17-8-10-18(11-9-17)22(25)26-19-12-20(23)14(2)21(24)13-19/h12-13,15-18H,3-11H2,1-2H3. The molecular weight excluding hydrogens is 334 g/mol. The Morgan fingerprint density at radius 3 is 1.96 bits per heavy atom. The lowest BCUT2D eigenvalue weighted by Gasteiger charge is -2.37. The molecule has 0 aliphatic heterocycles. The molecule has 2 fully saturated rings. The molecule has 144 valence electrons. The first-order valence-electron chi connectivity index (χ1n) is 10.1. The predicted molar refractivity (Wildman–Crippen MR) is 97.9 cm³/mol. The van der Waals surface area contributed by atoms with Crippen molar-refractivity contribution in [3.63, 3.8) is 0 Å². The van der Waals surface area contributed by atoms with Gasteiger partial charge in [-0.15, -0.1) is 0 Å². The lowest BCUT2D eigenvalue weighted by Crippen LogP contribution is -2.30. The van der Waals surface area contributed by atoms with Gasteiger partial charge in [0.2, 0.25) is 0 Å². The molecule has 26 heavy (non-hydrogen) atoms. The summed E-state index contributed by atoms with van der Waals surface area (Å²) >= 11 is 0. The van der Waals surface area contributed by atoms with Crippen LogP contribution in [0.4, 0.5) is 8.78 Å². The number of esters is 1. The fourth-order valence-corrected chi connectivity index (χ4v) is 4.77. The zero-order chi connectivity index (χ0) is 18.7. The number of hydrogen-bond acceptors (Lipinski definition) is 2. The van der Waals surface area contributed by atoms with E-state index in [-0.39, 0.29) is 23.2 Å². The van der Waals surface area contributed by atoms with Gasteiger partial charge >= 0.3 is 5.97 Å². The minimum absolute atomic E-state index is 0.0318. The second kappa shape index (κ2) is 8.49. The summed E-state index contributed by atoms with van der Waals surface area (Å²) in [5.74, 6) is 0.564. The van der Waals surface area contributed by atoms with Gasteiger partial charge in [0.1, 0.15) is 17.4 Å². The Balaban J connectivity index is 1.49. The van der Waals surface area contributed by atoms with Crippen LogP contribution in [0.2, 0.25) is 0 Å². The second-order valence-corrected chi connectivity index (χ2v) is 8.23. The van der Waals surface area contributed by atoms with Crippen molar-refractivity contribution in [2.75, 3.05) is 0 Å². The van der Waals surface area contributed by atoms with Crippen molar-refractivity contribution < 1.29 is 18.3 Å². The normalized spacial score (nSPS) is 29.4. The highest BCUT2D eigenvalue weighted by molar-refractivity contribution is 5.75. The Morgan fingerprint density at radius 1 is 0.962 bits per heavy atom. The van der Waals surface area contributed by atoms with Gasteiger partial charge in [0.25, 0.3) is 0 Å². The third-order valence-electron chi connectivity index (χ3n) is 6.71. The van der Waals surface area contributed by atoms with Gasteiger partial charge < -0.3 is 4.74 Å². The Kier molecular flexibility index (Phi) is 6.31. The van der Waals surface area contributed by atoms with E-state index in [0.29, 0.717) is 0 Å². The minimum Gasteiger partial charge on any atom is -0.426 e. The molecule has 0 unspecified atom stereocenters. The monoisotopic (exact) mass is 364 g/mol. The third-order valence-corrected chi connectivity index (χ3v) is 6.71. The molecule has 0 heterocycles. The van der Waals surface area contributed by atoms with Gasteiger partial charge in [-0.1, -0.05) is 26.2 Å². The van der Waals surface area contributed by atoms with Crippen LogP contribution in [0.15, 0.2) is 12.1 Å². The zero-order valence-corrected chi connectivity index (χ0v) is 15.9. The van der Waals surface area contributed by atoms with Gasteiger partial charge in [0, 0.05) is 17.7 Å². The number of carbonyl (C=O) groups excluding carboxylic acids is 1. The third kappa shape index (κ3) is 4.44. The molecule has 2 saturated carbocycles. The number of halogens is 2. The maximum absolute atomic E-state index is 13.6. The van der Waals surface area contributed by atoms with Crippen molar-refractivity contribution in [1.29, 1.82) is 0 Å². The van der Waals surface area contributed by atoms with Crippen molar-refractivity contribution in [3.05, 3.63) is 29.3 Å². The van der Waals surface area contributed by atoms with Gasteiger partial charge in [-0.3, -0.25) is 4.79 Å². The first-order chi connectivity index (χ1) is 12.5. The van der Waals surface area contributed by atoms with Crippen LogP contribution in [-0.2, 0) is 4.79 Å². The number of hydrogen-bond donors (Lipinski definition) is 0. The van der Waals surface area contributed by atoms with Crippen molar-refractivity contribution in [3.8, 4) is 5.75 Å². The minimum atomic E-state index is -0.681. The van der Waals surface area contributed by atoms with Crippen molar-refractivity contribution >= 4 is 5.97 Å². The summed E-state index contributed by atoms with van der Waals surface area (Å²) in [6.07, 6.45) is 10.5. The van der Waals surface area contributed by atoms with Crippen LogP contribution in [-0.4, -0.2) is 5.97 Å². The summed E-state index contributed by atoms with van der Waals surface area (Å²) in [6.45, 7) is 3.65. The smallest absolute Gasteiger partial charge is 0.314 e. The molecule has 3 rings (SSSR count). The first kappa shape index (κ1) is 19.3. The summed E-state index contributed by atoms with van der Waals surface area (Å²) in [6, 6.07) is 2.18. The van der Waals surface area contributed by atoms with E-state index < -0.39 is 11.6 Å². The molecule has 2 nitrogen and oxygen atoms in total. The fourth-order valence-electron chi connectivity index (χ4n) is 4.77. The largest absolute Gasteiger partial charge is 0.426 e. The Hall–Kier alpha value is -1.45. The SMILES string of the molecule is CCC1CCC(C2CCC(C(=O)Oc3cc(F)c(C)c(F)c3)CC2)CC1. The van der Waals surface area contributed by atoms with Gasteiger partial charge in [-0.05, 0) is 63.2 Å². The van der Waals surface area contributed by atoms with Gasteiger partial charge in [0.15, 0.2) is 0 Å². The van der Waals surface area contributed by atoms with E-state index in [4.69, 9.17) is 4.74 Å². The first-order valence-corrected chi connectivity index (χ1v) is 10.1. The molecule has 1 aromatic carbocycles. The van der Waals surface area contributed by atoms with Crippen LogP contribution >= 0.6 is 0 Å². The van der Waals surface area contributed by atoms with E-state index in [1.54, 1.807) is 0 Å². The number of carbonyl (C=O) groups is 1. The molecule has 0 radical (unpaired) electrons. The molecule has 0 saturated heterocycles. The maximum Gasteiger partial charge on any atom is 0.314 e. The molecule has 0 bridgehead atoms. The lowest BCUT2D eigenvalue weighted by molar-refractivity contribution is -0.140. The van der Waals surface area contributed by atoms with Crippen molar-refractivity contribution in [2.45, 2.75) is 71.6 Å². The van der Waals surface area contributed by atoms with Crippen LogP contribution < -0.4 is 4.74 Å². The molecule has 0 aromatic heterocycles. The highest BCUT2D eigenvalue weighted by Gasteiger charge is 2.33. The van der Waals surface area contributed by atoms with Gasteiger partial charge in [0.05, 0.1) is 5.92 Å². The summed E-state index contributed by atoms with van der Waals surface area (Å²) in [7, 11) is 0. The topological polar surface area (TPSA) is 26.3 Å². The highest BCUT2D eigenvalue weighted by atomic mass is 19.1. The fraction of sp³-hybridized carbons (Fsp3) is 0.682. The van der Waals surface area contributed by atoms with E-state index in [9.17, 15) is 13.6 Å². The van der Waals surface area contributed by atoms with Crippen molar-refractivity contribution in [1.82, 2.24) is 0 Å². The average molecular weight is 364 g/mol. The van der Waals surface area contributed by atoms with Gasteiger partial charge in [-0.25, -0.2) is 8.78 Å². The molecule has 0 atom stereocenters. The Labute approximate surface area is 155 Å². The number of benzene rings is 1. The molecule has 4 heteroatoms. The molecule has 1 aromatic rings. The van der Waals surface area contributed by atoms with Crippen LogP contribution in [0.1, 0.15) is 70.3 Å². The molecule has 0 amide bonds. The molecular formula is C22H30F2O2. The predicted octanol–water partition coefficient (Wildman–Crippen LogP) is 6.20. The zero-order valence-electron chi connectivity index (χ0n) is 15.9. The number of rotatable bonds is 4.